The van der Waals surface area contributed by atoms with Crippen molar-refractivity contribution < 1.29 is 9.53 Å². The summed E-state index contributed by atoms with van der Waals surface area (Å²) in [5.74, 6) is -0.0699. The van der Waals surface area contributed by atoms with Crippen LogP contribution >= 0.6 is 0 Å². The minimum absolute atomic E-state index is 0.0118. The maximum Gasteiger partial charge on any atom is 0.322 e. The van der Waals surface area contributed by atoms with Crippen LogP contribution in [0.5, 0.6) is 0 Å². The predicted octanol–water partition coefficient (Wildman–Crippen LogP) is 1.07. The van der Waals surface area contributed by atoms with Crippen LogP contribution in [-0.2, 0) is 9.53 Å². The number of carbonyl (C=O) groups is 1. The van der Waals surface area contributed by atoms with Crippen molar-refractivity contribution in [2.45, 2.75) is 44.9 Å². The first-order valence-electron chi connectivity index (χ1n) is 6.02. The minimum atomic E-state index is -0.332. The lowest BCUT2D eigenvalue weighted by Crippen LogP contribution is -2.58. The molecule has 0 amide bonds. The van der Waals surface area contributed by atoms with E-state index in [1.807, 2.05) is 0 Å². The number of ether oxygens (including phenoxy) is 1. The summed E-state index contributed by atoms with van der Waals surface area (Å²) in [6.07, 6.45) is 1.85. The molecule has 1 spiro atoms. The average Bonchev–Trinajstić information content (AvgIpc) is 2.49. The van der Waals surface area contributed by atoms with E-state index in [0.29, 0.717) is 6.54 Å². The van der Waals surface area contributed by atoms with Crippen LogP contribution in [0.25, 0.3) is 0 Å². The van der Waals surface area contributed by atoms with Gasteiger partial charge in [0.2, 0.25) is 0 Å². The molecule has 2 saturated heterocycles. The van der Waals surface area contributed by atoms with Gasteiger partial charge in [-0.3, -0.25) is 4.79 Å². The molecule has 2 rings (SSSR count). The first kappa shape index (κ1) is 11.9. The highest BCUT2D eigenvalue weighted by atomic mass is 16.6. The van der Waals surface area contributed by atoms with Gasteiger partial charge in [0.25, 0.3) is 0 Å². The van der Waals surface area contributed by atoms with Gasteiger partial charge >= 0.3 is 5.97 Å². The topological polar surface area (TPSA) is 32.8 Å². The van der Waals surface area contributed by atoms with E-state index in [2.05, 4.69) is 37.6 Å². The maximum absolute atomic E-state index is 11.6. The van der Waals surface area contributed by atoms with Crippen molar-refractivity contribution in [3.63, 3.8) is 0 Å². The Morgan fingerprint density at radius 2 is 1.81 bits per heavy atom. The Kier molecular flexibility index (Phi) is 2.75. The molecule has 0 bridgehead atoms. The van der Waals surface area contributed by atoms with Gasteiger partial charge in [-0.1, -0.05) is 0 Å². The van der Waals surface area contributed by atoms with Crippen LogP contribution in [0, 0.1) is 0 Å². The molecule has 4 nitrogen and oxygen atoms in total. The molecule has 0 saturated carbocycles. The van der Waals surface area contributed by atoms with Gasteiger partial charge in [-0.25, -0.2) is 4.90 Å². The quantitative estimate of drug-likeness (QED) is 0.578. The van der Waals surface area contributed by atoms with Gasteiger partial charge in [0.05, 0.1) is 0 Å². The summed E-state index contributed by atoms with van der Waals surface area (Å²) in [5, 5.41) is 0. The fraction of sp³-hybridized carbons (Fsp3) is 0.917. The van der Waals surface area contributed by atoms with Crippen molar-refractivity contribution in [2.24, 2.45) is 0 Å². The van der Waals surface area contributed by atoms with Crippen LogP contribution in [-0.4, -0.2) is 53.7 Å². The van der Waals surface area contributed by atoms with E-state index in [1.54, 1.807) is 0 Å². The van der Waals surface area contributed by atoms with Crippen LogP contribution in [0.2, 0.25) is 0 Å². The summed E-state index contributed by atoms with van der Waals surface area (Å²) in [6, 6.07) is 0. The summed E-state index contributed by atoms with van der Waals surface area (Å²) in [4.78, 5) is 16.1. The molecule has 16 heavy (non-hydrogen) atoms. The lowest BCUT2D eigenvalue weighted by Gasteiger charge is -2.47. The Balaban J connectivity index is 2.21. The Morgan fingerprint density at radius 1 is 1.25 bits per heavy atom. The number of likely N-dealkylation sites (tertiary alicyclic amines) is 1. The number of esters is 1. The Bertz CT molecular complexity index is 288. The first-order chi connectivity index (χ1) is 7.33. The van der Waals surface area contributed by atoms with Crippen LogP contribution in [0.4, 0.5) is 0 Å². The molecule has 0 atom stereocenters. The summed E-state index contributed by atoms with van der Waals surface area (Å²) in [6.45, 7) is 8.88. The van der Waals surface area contributed by atoms with Gasteiger partial charge in [0, 0.05) is 31.5 Å². The zero-order chi connectivity index (χ0) is 12.0. The SMILES string of the molecule is CN1CCC2(CC1)OC(=O)CN2C(C)(C)C. The Labute approximate surface area is 97.5 Å². The summed E-state index contributed by atoms with van der Waals surface area (Å²) in [7, 11) is 2.12. The molecule has 0 aromatic heterocycles. The summed E-state index contributed by atoms with van der Waals surface area (Å²) >= 11 is 0. The summed E-state index contributed by atoms with van der Waals surface area (Å²) < 4.78 is 5.64. The van der Waals surface area contributed by atoms with Gasteiger partial charge in [-0.05, 0) is 27.8 Å². The molecule has 2 heterocycles. The standard InChI is InChI=1S/C12H22N2O2/c1-11(2,3)14-9-10(15)16-12(14)5-7-13(4)8-6-12/h5-9H2,1-4H3. The number of hydrogen-bond acceptors (Lipinski definition) is 4. The molecule has 0 radical (unpaired) electrons. The lowest BCUT2D eigenvalue weighted by atomic mass is 9.94. The molecular formula is C12H22N2O2. The van der Waals surface area contributed by atoms with Crippen LogP contribution in [0.1, 0.15) is 33.6 Å². The maximum atomic E-state index is 11.6. The van der Waals surface area contributed by atoms with E-state index >= 15 is 0 Å². The molecule has 2 fully saturated rings. The van der Waals surface area contributed by atoms with Gasteiger partial charge in [-0.15, -0.1) is 0 Å². The number of rotatable bonds is 0. The van der Waals surface area contributed by atoms with Crippen molar-refractivity contribution in [1.29, 1.82) is 0 Å². The van der Waals surface area contributed by atoms with E-state index in [-0.39, 0.29) is 17.2 Å². The van der Waals surface area contributed by atoms with Crippen LogP contribution < -0.4 is 0 Å². The monoisotopic (exact) mass is 226 g/mol. The molecule has 0 aromatic carbocycles. The second kappa shape index (κ2) is 3.70. The smallest absolute Gasteiger partial charge is 0.322 e. The minimum Gasteiger partial charge on any atom is -0.443 e. The molecule has 0 aromatic rings. The van der Waals surface area contributed by atoms with E-state index < -0.39 is 0 Å². The Hall–Kier alpha value is -0.610. The van der Waals surface area contributed by atoms with Crippen molar-refractivity contribution >= 4 is 5.97 Å². The number of piperidine rings is 1. The highest BCUT2D eigenvalue weighted by Crippen LogP contribution is 2.38. The predicted molar refractivity (Wildman–Crippen MR) is 62.0 cm³/mol. The largest absolute Gasteiger partial charge is 0.443 e. The number of nitrogens with zero attached hydrogens (tertiary/aromatic N) is 2. The van der Waals surface area contributed by atoms with E-state index in [1.165, 1.54) is 0 Å². The van der Waals surface area contributed by atoms with Crippen LogP contribution in [0.3, 0.4) is 0 Å². The van der Waals surface area contributed by atoms with Crippen molar-refractivity contribution in [2.75, 3.05) is 26.7 Å². The van der Waals surface area contributed by atoms with Crippen molar-refractivity contribution in [1.82, 2.24) is 9.80 Å². The fourth-order valence-corrected chi connectivity index (χ4v) is 2.76. The number of hydrogen-bond donors (Lipinski definition) is 0. The average molecular weight is 226 g/mol. The van der Waals surface area contributed by atoms with Crippen LogP contribution in [0.15, 0.2) is 0 Å². The zero-order valence-corrected chi connectivity index (χ0v) is 10.7. The molecule has 0 unspecified atom stereocenters. The zero-order valence-electron chi connectivity index (χ0n) is 10.7. The van der Waals surface area contributed by atoms with Gasteiger partial charge in [-0.2, -0.15) is 0 Å². The molecule has 0 N–H and O–H groups in total. The second-order valence-corrected chi connectivity index (χ2v) is 5.98. The van der Waals surface area contributed by atoms with Gasteiger partial charge < -0.3 is 9.64 Å². The number of carbonyl (C=O) groups excluding carboxylic acids is 1. The lowest BCUT2D eigenvalue weighted by molar-refractivity contribution is -0.168. The van der Waals surface area contributed by atoms with Gasteiger partial charge in [0.1, 0.15) is 6.54 Å². The highest BCUT2D eigenvalue weighted by molar-refractivity contribution is 5.74. The summed E-state index contributed by atoms with van der Waals surface area (Å²) in [5.41, 5.74) is -0.343. The van der Waals surface area contributed by atoms with Crippen molar-refractivity contribution in [3.05, 3.63) is 0 Å². The third-order valence-corrected chi connectivity index (χ3v) is 3.66. The van der Waals surface area contributed by atoms with E-state index in [0.717, 1.165) is 25.9 Å². The van der Waals surface area contributed by atoms with Gasteiger partial charge in [0.15, 0.2) is 5.72 Å². The molecule has 92 valence electrons. The van der Waals surface area contributed by atoms with Crippen molar-refractivity contribution in [3.8, 4) is 0 Å². The molecule has 2 aliphatic heterocycles. The van der Waals surface area contributed by atoms with E-state index in [4.69, 9.17) is 4.74 Å². The fourth-order valence-electron chi connectivity index (χ4n) is 2.76. The first-order valence-corrected chi connectivity index (χ1v) is 6.02. The Morgan fingerprint density at radius 3 is 2.31 bits per heavy atom. The van der Waals surface area contributed by atoms with E-state index in [9.17, 15) is 4.79 Å². The normalized spacial score (nSPS) is 27.4. The highest BCUT2D eigenvalue weighted by Gasteiger charge is 2.52. The third-order valence-electron chi connectivity index (χ3n) is 3.66. The third kappa shape index (κ3) is 1.96. The molecule has 4 heteroatoms. The molecule has 0 aliphatic carbocycles. The second-order valence-electron chi connectivity index (χ2n) is 5.98. The molecular weight excluding hydrogens is 204 g/mol. The molecule has 2 aliphatic rings.